The van der Waals surface area contributed by atoms with Crippen molar-refractivity contribution in [3.8, 4) is 0 Å². The van der Waals surface area contributed by atoms with E-state index in [1.807, 2.05) is 0 Å². The molecule has 0 fully saturated rings. The Morgan fingerprint density at radius 2 is 2.00 bits per heavy atom. The molecular weight excluding hydrogens is 324 g/mol. The molecule has 0 saturated carbocycles. The highest BCUT2D eigenvalue weighted by molar-refractivity contribution is 9.10. The highest BCUT2D eigenvalue weighted by Gasteiger charge is 2.14. The zero-order valence-corrected chi connectivity index (χ0v) is 12.1. The minimum absolute atomic E-state index is 0.0587. The number of hydrogen-bond acceptors (Lipinski definition) is 3. The third kappa shape index (κ3) is 3.21. The van der Waals surface area contributed by atoms with E-state index in [2.05, 4.69) is 26.2 Å². The number of nitrogens with one attached hydrogen (secondary N) is 1. The number of anilines is 1. The van der Waals surface area contributed by atoms with Crippen molar-refractivity contribution >= 4 is 33.5 Å². The molecule has 0 radical (unpaired) electrons. The van der Waals surface area contributed by atoms with Gasteiger partial charge < -0.3 is 10.4 Å². The predicted molar refractivity (Wildman–Crippen MR) is 78.0 cm³/mol. The fraction of sp³-hybridized carbons (Fsp3) is 0.0714. The molecule has 102 valence electrons. The summed E-state index contributed by atoms with van der Waals surface area (Å²) in [7, 11) is 0. The molecule has 0 spiro atoms. The smallest absolute Gasteiger partial charge is 0.337 e. The van der Waals surface area contributed by atoms with Crippen LogP contribution in [0.25, 0.3) is 0 Å². The van der Waals surface area contributed by atoms with E-state index in [0.29, 0.717) is 10.2 Å². The summed E-state index contributed by atoms with van der Waals surface area (Å²) in [6.07, 6.45) is 1.41. The number of pyridine rings is 1. The molecule has 2 N–H and O–H groups in total. The van der Waals surface area contributed by atoms with Crippen molar-refractivity contribution in [1.82, 2.24) is 4.98 Å². The molecule has 5 nitrogen and oxygen atoms in total. The summed E-state index contributed by atoms with van der Waals surface area (Å²) in [5.74, 6) is -1.49. The van der Waals surface area contributed by atoms with Crippen LogP contribution in [-0.2, 0) is 0 Å². The quantitative estimate of drug-likeness (QED) is 0.845. The maximum absolute atomic E-state index is 12.0. The number of aromatic nitrogens is 1. The van der Waals surface area contributed by atoms with Gasteiger partial charge in [0.05, 0.1) is 16.8 Å². The van der Waals surface area contributed by atoms with Crippen molar-refractivity contribution in [2.24, 2.45) is 0 Å². The monoisotopic (exact) mass is 334 g/mol. The third-order valence-electron chi connectivity index (χ3n) is 2.64. The van der Waals surface area contributed by atoms with E-state index in [9.17, 15) is 9.59 Å². The van der Waals surface area contributed by atoms with Crippen LogP contribution >= 0.6 is 15.9 Å². The van der Waals surface area contributed by atoms with Gasteiger partial charge in [-0.25, -0.2) is 9.78 Å². The van der Waals surface area contributed by atoms with Crippen molar-refractivity contribution in [2.45, 2.75) is 6.92 Å². The Labute approximate surface area is 123 Å². The second-order valence-corrected chi connectivity index (χ2v) is 4.99. The summed E-state index contributed by atoms with van der Waals surface area (Å²) < 4.78 is 0.621. The molecule has 6 heteroatoms. The van der Waals surface area contributed by atoms with E-state index in [0.717, 1.165) is 5.56 Å². The van der Waals surface area contributed by atoms with E-state index in [1.54, 1.807) is 31.2 Å². The summed E-state index contributed by atoms with van der Waals surface area (Å²) >= 11 is 3.18. The predicted octanol–water partition coefficient (Wildman–Crippen LogP) is 3.10. The zero-order valence-electron chi connectivity index (χ0n) is 10.6. The lowest BCUT2D eigenvalue weighted by atomic mass is 10.1. The Balaban J connectivity index is 2.28. The van der Waals surface area contributed by atoms with E-state index in [-0.39, 0.29) is 11.3 Å². The Morgan fingerprint density at radius 1 is 1.25 bits per heavy atom. The van der Waals surface area contributed by atoms with E-state index in [1.165, 1.54) is 12.3 Å². The summed E-state index contributed by atoms with van der Waals surface area (Å²) in [5.41, 5.74) is 1.48. The molecule has 1 amide bonds. The maximum Gasteiger partial charge on any atom is 0.337 e. The van der Waals surface area contributed by atoms with Gasteiger partial charge in [-0.15, -0.1) is 0 Å². The van der Waals surface area contributed by atoms with Crippen LogP contribution in [0.15, 0.2) is 41.1 Å². The second-order valence-electron chi connectivity index (χ2n) is 4.18. The van der Waals surface area contributed by atoms with Crippen molar-refractivity contribution < 1.29 is 14.7 Å². The van der Waals surface area contributed by atoms with Crippen LogP contribution in [0.2, 0.25) is 0 Å². The van der Waals surface area contributed by atoms with Crippen LogP contribution in [0.5, 0.6) is 0 Å². The molecule has 1 aromatic carbocycles. The van der Waals surface area contributed by atoms with Crippen molar-refractivity contribution in [1.29, 1.82) is 0 Å². The molecule has 0 saturated heterocycles. The van der Waals surface area contributed by atoms with Gasteiger partial charge >= 0.3 is 5.97 Å². The largest absolute Gasteiger partial charge is 0.478 e. The van der Waals surface area contributed by atoms with Crippen molar-refractivity contribution in [3.63, 3.8) is 0 Å². The van der Waals surface area contributed by atoms with Gasteiger partial charge in [-0.2, -0.15) is 0 Å². The summed E-state index contributed by atoms with van der Waals surface area (Å²) in [6.45, 7) is 1.79. The number of nitrogens with zero attached hydrogens (tertiary/aromatic N) is 1. The molecule has 0 atom stereocenters. The molecule has 0 aliphatic rings. The lowest BCUT2D eigenvalue weighted by Crippen LogP contribution is -2.15. The van der Waals surface area contributed by atoms with Gasteiger partial charge in [-0.1, -0.05) is 11.6 Å². The molecule has 2 rings (SSSR count). The number of carboxylic acid groups (broad SMARTS) is 1. The maximum atomic E-state index is 12.0. The highest BCUT2D eigenvalue weighted by atomic mass is 79.9. The number of aryl methyl sites for hydroxylation is 1. The number of halogens is 1. The number of carboxylic acids is 1. The Hall–Kier alpha value is -2.21. The van der Waals surface area contributed by atoms with E-state index in [4.69, 9.17) is 5.11 Å². The van der Waals surface area contributed by atoms with Gasteiger partial charge in [0.15, 0.2) is 0 Å². The first-order valence-corrected chi connectivity index (χ1v) is 6.53. The highest BCUT2D eigenvalue weighted by Crippen LogP contribution is 2.18. The molecule has 20 heavy (non-hydrogen) atoms. The third-order valence-corrected chi connectivity index (χ3v) is 3.11. The minimum Gasteiger partial charge on any atom is -0.478 e. The minimum atomic E-state index is -1.09. The van der Waals surface area contributed by atoms with E-state index >= 15 is 0 Å². The number of benzene rings is 1. The van der Waals surface area contributed by atoms with Crippen LogP contribution in [0.3, 0.4) is 0 Å². The number of rotatable bonds is 3. The molecule has 0 aliphatic carbocycles. The first-order valence-electron chi connectivity index (χ1n) is 5.74. The Morgan fingerprint density at radius 3 is 2.60 bits per heavy atom. The van der Waals surface area contributed by atoms with Crippen LogP contribution in [0, 0.1) is 6.92 Å². The topological polar surface area (TPSA) is 79.3 Å². The molecule has 0 aliphatic heterocycles. The number of amides is 1. The second kappa shape index (κ2) is 5.83. The van der Waals surface area contributed by atoms with Gasteiger partial charge in [0.2, 0.25) is 0 Å². The summed E-state index contributed by atoms with van der Waals surface area (Å²) in [4.78, 5) is 27.1. The van der Waals surface area contributed by atoms with Gasteiger partial charge in [-0.05, 0) is 47.1 Å². The van der Waals surface area contributed by atoms with Crippen LogP contribution in [-0.4, -0.2) is 22.0 Å². The van der Waals surface area contributed by atoms with Gasteiger partial charge in [0, 0.05) is 6.20 Å². The molecule has 2 aromatic rings. The van der Waals surface area contributed by atoms with Crippen molar-refractivity contribution in [2.75, 3.05) is 5.32 Å². The molecular formula is C14H11BrN2O3. The molecule has 1 aromatic heterocycles. The Kier molecular flexibility index (Phi) is 4.14. The van der Waals surface area contributed by atoms with Crippen LogP contribution in [0.1, 0.15) is 26.3 Å². The fourth-order valence-electron chi connectivity index (χ4n) is 1.65. The first kappa shape index (κ1) is 14.2. The lowest BCUT2D eigenvalue weighted by Gasteiger charge is -2.09. The zero-order chi connectivity index (χ0) is 14.7. The standard InChI is InChI=1S/C14H11BrN2O3/c1-8-2-4-11(10(6-8)14(19)20)17-13(18)9-3-5-12(15)16-7-9/h2-7H,1H3,(H,17,18)(H,19,20). The lowest BCUT2D eigenvalue weighted by molar-refractivity contribution is 0.0698. The summed E-state index contributed by atoms with van der Waals surface area (Å²) in [5, 5.41) is 11.7. The first-order chi connectivity index (χ1) is 9.47. The van der Waals surface area contributed by atoms with Crippen LogP contribution in [0.4, 0.5) is 5.69 Å². The van der Waals surface area contributed by atoms with Gasteiger partial charge in [-0.3, -0.25) is 4.79 Å². The summed E-state index contributed by atoms with van der Waals surface area (Å²) in [6, 6.07) is 8.06. The van der Waals surface area contributed by atoms with E-state index < -0.39 is 11.9 Å². The molecule has 1 heterocycles. The average molecular weight is 335 g/mol. The van der Waals surface area contributed by atoms with Crippen molar-refractivity contribution in [3.05, 3.63) is 57.8 Å². The molecule has 0 bridgehead atoms. The number of aromatic carboxylic acids is 1. The fourth-order valence-corrected chi connectivity index (χ4v) is 1.88. The number of carbonyl (C=O) groups is 2. The van der Waals surface area contributed by atoms with Gasteiger partial charge in [0.25, 0.3) is 5.91 Å². The number of carbonyl (C=O) groups excluding carboxylic acids is 1. The number of hydrogen-bond donors (Lipinski definition) is 2. The Bertz CT molecular complexity index is 669. The average Bonchev–Trinajstić information content (AvgIpc) is 2.41. The van der Waals surface area contributed by atoms with Gasteiger partial charge in [0.1, 0.15) is 4.60 Å². The van der Waals surface area contributed by atoms with Crippen LogP contribution < -0.4 is 5.32 Å². The SMILES string of the molecule is Cc1ccc(NC(=O)c2ccc(Br)nc2)c(C(=O)O)c1. The normalized spacial score (nSPS) is 10.1. The molecule has 0 unspecified atom stereocenters.